The van der Waals surface area contributed by atoms with Crippen LogP contribution in [0.15, 0.2) is 0 Å². The molecule has 1 aliphatic rings. The third kappa shape index (κ3) is 4.18. The molecule has 1 aliphatic heterocycles. The highest BCUT2D eigenvalue weighted by molar-refractivity contribution is 7.87. The second-order valence-corrected chi connectivity index (χ2v) is 6.24. The summed E-state index contributed by atoms with van der Waals surface area (Å²) in [4.78, 5) is 0. The van der Waals surface area contributed by atoms with E-state index < -0.39 is 15.7 Å². The van der Waals surface area contributed by atoms with Crippen molar-refractivity contribution in [1.82, 2.24) is 9.03 Å². The van der Waals surface area contributed by atoms with E-state index in [1.807, 2.05) is 13.8 Å². The largest absolute Gasteiger partial charge is 0.379 e. The molecule has 1 unspecified atom stereocenters. The van der Waals surface area contributed by atoms with E-state index in [1.165, 1.54) is 4.31 Å². The normalized spacial score (nSPS) is 22.3. The zero-order valence-electron chi connectivity index (χ0n) is 10.6. The smallest absolute Gasteiger partial charge is 0.280 e. The van der Waals surface area contributed by atoms with Crippen LogP contribution >= 0.6 is 0 Å². The summed E-state index contributed by atoms with van der Waals surface area (Å²) in [6.07, 6.45) is 1.35. The van der Waals surface area contributed by atoms with Gasteiger partial charge in [-0.2, -0.15) is 17.4 Å². The van der Waals surface area contributed by atoms with Gasteiger partial charge >= 0.3 is 0 Å². The second-order valence-electron chi connectivity index (χ2n) is 4.57. The molecule has 0 bridgehead atoms. The highest BCUT2D eigenvalue weighted by Crippen LogP contribution is 2.16. The number of morpholine rings is 1. The molecule has 7 heteroatoms. The molecule has 0 saturated carbocycles. The summed E-state index contributed by atoms with van der Waals surface area (Å²) in [6.45, 7) is 6.06. The van der Waals surface area contributed by atoms with Gasteiger partial charge in [-0.1, -0.05) is 6.92 Å². The summed E-state index contributed by atoms with van der Waals surface area (Å²) in [5, 5.41) is 0. The average molecular weight is 265 g/mol. The van der Waals surface area contributed by atoms with Crippen molar-refractivity contribution in [2.75, 3.05) is 32.8 Å². The molecule has 1 fully saturated rings. The molecule has 0 aromatic carbocycles. The standard InChI is InChI=1S/C10H23N3O3S/c1-3-10(2,4-5-11)12-17(14,15)13-6-8-16-9-7-13/h12H,3-9,11H2,1-2H3. The van der Waals surface area contributed by atoms with Crippen molar-refractivity contribution >= 4 is 10.2 Å². The Morgan fingerprint density at radius 1 is 1.41 bits per heavy atom. The van der Waals surface area contributed by atoms with Gasteiger partial charge in [-0.3, -0.25) is 0 Å². The Labute approximate surface area is 104 Å². The van der Waals surface area contributed by atoms with E-state index in [4.69, 9.17) is 10.5 Å². The van der Waals surface area contributed by atoms with Crippen molar-refractivity contribution in [2.45, 2.75) is 32.2 Å². The van der Waals surface area contributed by atoms with Gasteiger partial charge in [-0.25, -0.2) is 0 Å². The van der Waals surface area contributed by atoms with E-state index in [-0.39, 0.29) is 0 Å². The Balaban J connectivity index is 2.69. The minimum Gasteiger partial charge on any atom is -0.379 e. The van der Waals surface area contributed by atoms with Crippen molar-refractivity contribution in [3.8, 4) is 0 Å². The molecule has 1 heterocycles. The molecule has 0 radical (unpaired) electrons. The summed E-state index contributed by atoms with van der Waals surface area (Å²) in [5.74, 6) is 0. The van der Waals surface area contributed by atoms with Crippen LogP contribution in [0, 0.1) is 0 Å². The van der Waals surface area contributed by atoms with E-state index in [0.717, 1.165) is 0 Å². The van der Waals surface area contributed by atoms with Gasteiger partial charge in [-0.15, -0.1) is 0 Å². The molecule has 0 aromatic heterocycles. The van der Waals surface area contributed by atoms with Gasteiger partial charge < -0.3 is 10.5 Å². The predicted octanol–water partition coefficient (Wildman–Crippen LogP) is -0.329. The highest BCUT2D eigenvalue weighted by atomic mass is 32.2. The van der Waals surface area contributed by atoms with Crippen LogP contribution in [0.5, 0.6) is 0 Å². The lowest BCUT2D eigenvalue weighted by molar-refractivity contribution is 0.0719. The number of nitrogens with zero attached hydrogens (tertiary/aromatic N) is 1. The molecule has 17 heavy (non-hydrogen) atoms. The monoisotopic (exact) mass is 265 g/mol. The maximum Gasteiger partial charge on any atom is 0.280 e. The molecule has 6 nitrogen and oxygen atoms in total. The van der Waals surface area contributed by atoms with Crippen LogP contribution in [-0.2, 0) is 14.9 Å². The lowest BCUT2D eigenvalue weighted by Crippen LogP contribution is -2.54. The van der Waals surface area contributed by atoms with E-state index in [9.17, 15) is 8.42 Å². The molecule has 1 saturated heterocycles. The molecule has 1 atom stereocenters. The first kappa shape index (κ1) is 14.8. The first-order valence-corrected chi connectivity index (χ1v) is 7.44. The van der Waals surface area contributed by atoms with Crippen LogP contribution in [0.25, 0.3) is 0 Å². The van der Waals surface area contributed by atoms with E-state index >= 15 is 0 Å². The summed E-state index contributed by atoms with van der Waals surface area (Å²) in [7, 11) is -3.43. The van der Waals surface area contributed by atoms with Crippen LogP contribution in [-0.4, -0.2) is 51.1 Å². The number of ether oxygens (including phenoxy) is 1. The van der Waals surface area contributed by atoms with Crippen molar-refractivity contribution in [3.63, 3.8) is 0 Å². The van der Waals surface area contributed by atoms with Crippen molar-refractivity contribution < 1.29 is 13.2 Å². The van der Waals surface area contributed by atoms with Gasteiger partial charge in [-0.05, 0) is 26.3 Å². The molecule has 102 valence electrons. The zero-order chi connectivity index (χ0) is 12.9. The Kier molecular flexibility index (Phi) is 5.33. The number of nitrogens with one attached hydrogen (secondary N) is 1. The van der Waals surface area contributed by atoms with Gasteiger partial charge in [0.05, 0.1) is 13.2 Å². The van der Waals surface area contributed by atoms with Crippen LogP contribution in [0.1, 0.15) is 26.7 Å². The number of rotatable bonds is 6. The molecular formula is C10H23N3O3S. The summed E-state index contributed by atoms with van der Waals surface area (Å²) in [6, 6.07) is 0. The Morgan fingerprint density at radius 3 is 2.47 bits per heavy atom. The topological polar surface area (TPSA) is 84.7 Å². The van der Waals surface area contributed by atoms with Crippen molar-refractivity contribution in [2.24, 2.45) is 5.73 Å². The second kappa shape index (κ2) is 6.10. The predicted molar refractivity (Wildman–Crippen MR) is 66.8 cm³/mol. The molecule has 1 rings (SSSR count). The maximum atomic E-state index is 12.2. The van der Waals surface area contributed by atoms with Gasteiger partial charge in [0.2, 0.25) is 0 Å². The zero-order valence-corrected chi connectivity index (χ0v) is 11.4. The Bertz CT molecular complexity index is 328. The fourth-order valence-electron chi connectivity index (χ4n) is 1.78. The summed E-state index contributed by atoms with van der Waals surface area (Å²) < 4.78 is 33.6. The first-order chi connectivity index (χ1) is 7.93. The number of nitrogens with two attached hydrogens (primary N) is 1. The first-order valence-electron chi connectivity index (χ1n) is 6.00. The van der Waals surface area contributed by atoms with E-state index in [1.54, 1.807) is 0 Å². The van der Waals surface area contributed by atoms with Crippen LogP contribution in [0.3, 0.4) is 0 Å². The third-order valence-corrected chi connectivity index (χ3v) is 4.96. The maximum absolute atomic E-state index is 12.2. The lowest BCUT2D eigenvalue weighted by Gasteiger charge is -2.33. The summed E-state index contributed by atoms with van der Waals surface area (Å²) in [5.41, 5.74) is 5.05. The van der Waals surface area contributed by atoms with Gasteiger partial charge in [0.1, 0.15) is 0 Å². The number of hydrogen-bond acceptors (Lipinski definition) is 4. The Morgan fingerprint density at radius 2 is 2.00 bits per heavy atom. The minimum absolute atomic E-state index is 0.414. The van der Waals surface area contributed by atoms with Gasteiger partial charge in [0.15, 0.2) is 0 Å². The van der Waals surface area contributed by atoms with Crippen molar-refractivity contribution in [3.05, 3.63) is 0 Å². The molecular weight excluding hydrogens is 242 g/mol. The third-order valence-electron chi connectivity index (χ3n) is 3.16. The van der Waals surface area contributed by atoms with Crippen molar-refractivity contribution in [1.29, 1.82) is 0 Å². The SMILES string of the molecule is CCC(C)(CCN)NS(=O)(=O)N1CCOCC1. The molecule has 0 aromatic rings. The fraction of sp³-hybridized carbons (Fsp3) is 1.00. The summed E-state index contributed by atoms with van der Waals surface area (Å²) >= 11 is 0. The van der Waals surface area contributed by atoms with Gasteiger partial charge in [0.25, 0.3) is 10.2 Å². The van der Waals surface area contributed by atoms with Crippen LogP contribution in [0.2, 0.25) is 0 Å². The molecule has 3 N–H and O–H groups in total. The Hall–Kier alpha value is -0.210. The number of hydrogen-bond donors (Lipinski definition) is 2. The lowest BCUT2D eigenvalue weighted by atomic mass is 9.96. The van der Waals surface area contributed by atoms with Crippen LogP contribution < -0.4 is 10.5 Å². The van der Waals surface area contributed by atoms with Gasteiger partial charge in [0, 0.05) is 18.6 Å². The molecule has 0 aliphatic carbocycles. The molecule has 0 amide bonds. The van der Waals surface area contributed by atoms with E-state index in [0.29, 0.717) is 45.7 Å². The molecule has 0 spiro atoms. The van der Waals surface area contributed by atoms with Crippen LogP contribution in [0.4, 0.5) is 0 Å². The fourth-order valence-corrected chi connectivity index (χ4v) is 3.41. The van der Waals surface area contributed by atoms with E-state index in [2.05, 4.69) is 4.72 Å². The highest BCUT2D eigenvalue weighted by Gasteiger charge is 2.32. The average Bonchev–Trinajstić information content (AvgIpc) is 2.30. The quantitative estimate of drug-likeness (QED) is 0.689. The minimum atomic E-state index is -3.43.